The number of rotatable bonds is 5. The van der Waals surface area contributed by atoms with E-state index < -0.39 is 29.6 Å². The highest BCUT2D eigenvalue weighted by Gasteiger charge is 2.37. The molecular formula is C33H33NO4. The molecule has 1 atom stereocenters. The van der Waals surface area contributed by atoms with E-state index in [-0.39, 0.29) is 0 Å². The van der Waals surface area contributed by atoms with Gasteiger partial charge in [-0.05, 0) is 101 Å². The average molecular weight is 508 g/mol. The molecule has 0 radical (unpaired) electrons. The van der Waals surface area contributed by atoms with Crippen molar-refractivity contribution in [3.8, 4) is 0 Å². The van der Waals surface area contributed by atoms with Crippen LogP contribution < -0.4 is 5.32 Å². The van der Waals surface area contributed by atoms with Crippen molar-refractivity contribution in [3.63, 3.8) is 0 Å². The molecule has 6 rings (SSSR count). The minimum atomic E-state index is -0.980. The summed E-state index contributed by atoms with van der Waals surface area (Å²) in [6.07, 6.45) is 3.41. The smallest absolute Gasteiger partial charge is 0.408 e. The summed E-state index contributed by atoms with van der Waals surface area (Å²) >= 11 is 0. The summed E-state index contributed by atoms with van der Waals surface area (Å²) in [6.45, 7) is 5.43. The number of carbonyl (C=O) groups is 2. The normalized spacial score (nSPS) is 14.8. The van der Waals surface area contributed by atoms with Gasteiger partial charge in [-0.3, -0.25) is 0 Å². The van der Waals surface area contributed by atoms with Crippen molar-refractivity contribution >= 4 is 33.6 Å². The number of hydrogen-bond donors (Lipinski definition) is 1. The first-order chi connectivity index (χ1) is 18.2. The Bertz CT molecular complexity index is 1480. The van der Waals surface area contributed by atoms with Crippen LogP contribution >= 0.6 is 0 Å². The molecule has 2 aliphatic carbocycles. The summed E-state index contributed by atoms with van der Waals surface area (Å²) < 4.78 is 10.9. The second-order valence-electron chi connectivity index (χ2n) is 11.4. The van der Waals surface area contributed by atoms with Gasteiger partial charge in [-0.25, -0.2) is 9.59 Å². The number of nitrogens with one attached hydrogen (secondary N) is 1. The van der Waals surface area contributed by atoms with Crippen molar-refractivity contribution < 1.29 is 19.1 Å². The molecule has 0 saturated heterocycles. The van der Waals surface area contributed by atoms with Gasteiger partial charge in [0.25, 0.3) is 0 Å². The molecule has 5 nitrogen and oxygen atoms in total. The number of ether oxygens (including phenoxy) is 2. The van der Waals surface area contributed by atoms with Crippen LogP contribution in [-0.4, -0.2) is 30.8 Å². The quantitative estimate of drug-likeness (QED) is 0.318. The molecule has 0 heterocycles. The third-order valence-corrected chi connectivity index (χ3v) is 7.95. The van der Waals surface area contributed by atoms with E-state index in [1.165, 1.54) is 40.1 Å². The Labute approximate surface area is 223 Å². The van der Waals surface area contributed by atoms with Gasteiger partial charge in [0, 0.05) is 5.92 Å². The van der Waals surface area contributed by atoms with Crippen molar-refractivity contribution in [2.45, 2.75) is 64.0 Å². The van der Waals surface area contributed by atoms with Gasteiger partial charge in [0.15, 0.2) is 0 Å². The van der Waals surface area contributed by atoms with E-state index in [0.717, 1.165) is 47.6 Å². The number of benzene rings is 4. The van der Waals surface area contributed by atoms with E-state index in [9.17, 15) is 9.59 Å². The average Bonchev–Trinajstić information content (AvgIpc) is 3.51. The first-order valence-electron chi connectivity index (χ1n) is 13.4. The monoisotopic (exact) mass is 507 g/mol. The molecule has 4 aromatic rings. The Balaban J connectivity index is 1.60. The second kappa shape index (κ2) is 9.16. The summed E-state index contributed by atoms with van der Waals surface area (Å²) in [5.41, 5.74) is 6.60. The Hall–Kier alpha value is -3.86. The zero-order chi connectivity index (χ0) is 26.6. The lowest BCUT2D eigenvalue weighted by molar-refractivity contribution is -0.143. The Morgan fingerprint density at radius 1 is 0.737 bits per heavy atom. The van der Waals surface area contributed by atoms with Gasteiger partial charge in [0.2, 0.25) is 0 Å². The van der Waals surface area contributed by atoms with Crippen molar-refractivity contribution in [1.29, 1.82) is 0 Å². The van der Waals surface area contributed by atoms with Crippen molar-refractivity contribution in [1.82, 2.24) is 5.32 Å². The number of carbonyl (C=O) groups excluding carboxylic acids is 2. The van der Waals surface area contributed by atoms with Crippen LogP contribution in [0.5, 0.6) is 0 Å². The summed E-state index contributed by atoms with van der Waals surface area (Å²) in [4.78, 5) is 26.6. The zero-order valence-corrected chi connectivity index (χ0v) is 22.4. The molecule has 0 fully saturated rings. The number of amides is 1. The fourth-order valence-electron chi connectivity index (χ4n) is 6.45. The van der Waals surface area contributed by atoms with Crippen LogP contribution in [0.15, 0.2) is 60.7 Å². The summed E-state index contributed by atoms with van der Waals surface area (Å²) in [7, 11) is 1.37. The van der Waals surface area contributed by atoms with Gasteiger partial charge in [0.05, 0.1) is 7.11 Å². The maximum Gasteiger partial charge on any atom is 0.408 e. The first-order valence-corrected chi connectivity index (χ1v) is 13.4. The molecule has 194 valence electrons. The van der Waals surface area contributed by atoms with E-state index in [1.807, 2.05) is 20.8 Å². The Morgan fingerprint density at radius 2 is 1.21 bits per heavy atom. The number of hydrogen-bond acceptors (Lipinski definition) is 4. The van der Waals surface area contributed by atoms with Crippen LogP contribution in [-0.2, 0) is 40.0 Å². The van der Waals surface area contributed by atoms with Crippen molar-refractivity contribution in [2.24, 2.45) is 0 Å². The van der Waals surface area contributed by atoms with E-state index in [0.29, 0.717) is 0 Å². The summed E-state index contributed by atoms with van der Waals surface area (Å²) in [5.74, 6) is -0.989. The fraction of sp³-hybridized carbons (Fsp3) is 0.333. The molecule has 0 saturated carbocycles. The van der Waals surface area contributed by atoms with E-state index in [4.69, 9.17) is 9.47 Å². The molecule has 0 aliphatic heterocycles. The third kappa shape index (κ3) is 4.10. The summed E-state index contributed by atoms with van der Waals surface area (Å²) in [5, 5.41) is 7.67. The van der Waals surface area contributed by atoms with Gasteiger partial charge in [0.1, 0.15) is 11.6 Å². The van der Waals surface area contributed by atoms with Gasteiger partial charge in [-0.1, -0.05) is 60.7 Å². The largest absolute Gasteiger partial charge is 0.467 e. The molecule has 1 unspecified atom stereocenters. The van der Waals surface area contributed by atoms with Crippen LogP contribution in [0.2, 0.25) is 0 Å². The minimum Gasteiger partial charge on any atom is -0.467 e. The number of aryl methyl sites for hydroxylation is 4. The van der Waals surface area contributed by atoms with Gasteiger partial charge in [-0.2, -0.15) is 0 Å². The van der Waals surface area contributed by atoms with Gasteiger partial charge in [-0.15, -0.1) is 0 Å². The van der Waals surface area contributed by atoms with Crippen LogP contribution in [0.3, 0.4) is 0 Å². The first kappa shape index (κ1) is 24.5. The highest BCUT2D eigenvalue weighted by molar-refractivity contribution is 5.98. The maximum atomic E-state index is 13.5. The lowest BCUT2D eigenvalue weighted by Crippen LogP contribution is -2.47. The number of methoxy groups -OCH3 is 1. The molecule has 1 N–H and O–H groups in total. The van der Waals surface area contributed by atoms with Crippen LogP contribution in [0.25, 0.3) is 21.5 Å². The van der Waals surface area contributed by atoms with Crippen molar-refractivity contribution in [2.75, 3.05) is 7.11 Å². The van der Waals surface area contributed by atoms with Gasteiger partial charge < -0.3 is 14.8 Å². The topological polar surface area (TPSA) is 64.6 Å². The van der Waals surface area contributed by atoms with Gasteiger partial charge >= 0.3 is 12.1 Å². The zero-order valence-electron chi connectivity index (χ0n) is 22.4. The molecule has 1 amide bonds. The highest BCUT2D eigenvalue weighted by atomic mass is 16.6. The molecule has 0 aromatic heterocycles. The van der Waals surface area contributed by atoms with Crippen LogP contribution in [0.4, 0.5) is 4.79 Å². The number of esters is 1. The number of alkyl carbamates (subject to hydrolysis) is 1. The maximum absolute atomic E-state index is 13.5. The molecule has 4 aromatic carbocycles. The minimum absolute atomic E-state index is 0.482. The van der Waals surface area contributed by atoms with E-state index >= 15 is 0 Å². The van der Waals surface area contributed by atoms with Crippen LogP contribution in [0.1, 0.15) is 60.1 Å². The standard InChI is InChI=1S/C33H33NO4/c1-33(2,3)38-32(36)34-30(31(35)37-4)29(25-17-15-21-13-11-19-7-5-9-23(25)27(19)21)26-18-16-22-14-12-20-8-6-10-24(26)28(20)22/h5-10,15-18,29-30H,11-14H2,1-4H3,(H,34,36). The molecule has 5 heteroatoms. The third-order valence-electron chi connectivity index (χ3n) is 7.95. The predicted molar refractivity (Wildman–Crippen MR) is 150 cm³/mol. The molecule has 38 heavy (non-hydrogen) atoms. The molecule has 0 bridgehead atoms. The van der Waals surface area contributed by atoms with Crippen LogP contribution in [0, 0.1) is 0 Å². The Morgan fingerprint density at radius 3 is 1.66 bits per heavy atom. The lowest BCUT2D eigenvalue weighted by atomic mass is 9.79. The predicted octanol–water partition coefficient (Wildman–Crippen LogP) is 6.39. The highest BCUT2D eigenvalue weighted by Crippen LogP contribution is 2.43. The van der Waals surface area contributed by atoms with E-state index in [1.54, 1.807) is 0 Å². The van der Waals surface area contributed by atoms with Crippen molar-refractivity contribution in [3.05, 3.63) is 94.0 Å². The molecule has 0 spiro atoms. The SMILES string of the molecule is COC(=O)C(NC(=O)OC(C)(C)C)C(c1ccc2c3c(cccc13)CC2)c1ccc2c3c(cccc13)CC2. The lowest BCUT2D eigenvalue weighted by Gasteiger charge is -2.30. The second-order valence-corrected chi connectivity index (χ2v) is 11.4. The fourth-order valence-corrected chi connectivity index (χ4v) is 6.45. The molecule has 2 aliphatic rings. The Kier molecular flexibility index (Phi) is 5.90. The summed E-state index contributed by atoms with van der Waals surface area (Å²) in [6, 6.07) is 20.5. The van der Waals surface area contributed by atoms with E-state index in [2.05, 4.69) is 66.0 Å². The molecular weight excluding hydrogens is 474 g/mol.